The van der Waals surface area contributed by atoms with E-state index in [2.05, 4.69) is 29.1 Å². The van der Waals surface area contributed by atoms with Crippen LogP contribution in [0.4, 0.5) is 5.82 Å². The van der Waals surface area contributed by atoms with Gasteiger partial charge in [0, 0.05) is 43.9 Å². The van der Waals surface area contributed by atoms with Crippen LogP contribution in [0, 0.1) is 6.92 Å². The molecule has 3 rings (SSSR count). The van der Waals surface area contributed by atoms with Crippen molar-refractivity contribution >= 4 is 11.7 Å². The van der Waals surface area contributed by atoms with Crippen molar-refractivity contribution in [3.05, 3.63) is 17.1 Å². The number of piperidine rings is 1. The number of amides is 1. The molecule has 0 aromatic carbocycles. The van der Waals surface area contributed by atoms with E-state index < -0.39 is 0 Å². The maximum Gasteiger partial charge on any atom is 0.234 e. The lowest BCUT2D eigenvalue weighted by Crippen LogP contribution is -2.44. The van der Waals surface area contributed by atoms with Gasteiger partial charge < -0.3 is 15.0 Å². The molecule has 0 spiro atoms. The molecule has 7 heteroatoms. The van der Waals surface area contributed by atoms with Crippen LogP contribution in [0.3, 0.4) is 0 Å². The first-order valence-electron chi connectivity index (χ1n) is 10.1. The number of fused-ring (bicyclic) bond motifs is 1. The fraction of sp³-hybridized carbons (Fsp3) is 0.750. The van der Waals surface area contributed by atoms with Crippen molar-refractivity contribution in [3.8, 4) is 0 Å². The van der Waals surface area contributed by atoms with Crippen molar-refractivity contribution in [2.24, 2.45) is 0 Å². The first kappa shape index (κ1) is 20.0. The van der Waals surface area contributed by atoms with Crippen LogP contribution in [0.25, 0.3) is 0 Å². The van der Waals surface area contributed by atoms with Gasteiger partial charge in [-0.05, 0) is 52.6 Å². The monoisotopic (exact) mass is 375 g/mol. The molecule has 0 radical (unpaired) electrons. The number of carbonyl (C=O) groups is 1. The van der Waals surface area contributed by atoms with Crippen LogP contribution in [-0.2, 0) is 16.0 Å². The number of likely N-dealkylation sites (tertiary alicyclic amines) is 1. The lowest BCUT2D eigenvalue weighted by Gasteiger charge is -2.32. The Morgan fingerprint density at radius 1 is 1.30 bits per heavy atom. The molecular formula is C20H33N5O2. The summed E-state index contributed by atoms with van der Waals surface area (Å²) >= 11 is 0. The summed E-state index contributed by atoms with van der Waals surface area (Å²) in [4.78, 5) is 26.4. The molecule has 1 N–H and O–H groups in total. The third-order valence-electron chi connectivity index (χ3n) is 5.64. The second-order valence-electron chi connectivity index (χ2n) is 7.97. The minimum Gasteiger partial charge on any atom is -0.383 e. The zero-order valence-electron chi connectivity index (χ0n) is 17.1. The number of aromatic nitrogens is 2. The largest absolute Gasteiger partial charge is 0.383 e. The molecule has 0 aliphatic carbocycles. The summed E-state index contributed by atoms with van der Waals surface area (Å²) in [6.45, 7) is 7.95. The Bertz CT molecular complexity index is 658. The Morgan fingerprint density at radius 3 is 2.74 bits per heavy atom. The summed E-state index contributed by atoms with van der Waals surface area (Å²) in [5, 5.41) is 2.98. The van der Waals surface area contributed by atoms with Gasteiger partial charge in [-0.2, -0.15) is 0 Å². The molecule has 1 aromatic rings. The zero-order chi connectivity index (χ0) is 19.4. The molecule has 150 valence electrons. The Labute approximate surface area is 162 Å². The van der Waals surface area contributed by atoms with Gasteiger partial charge in [-0.25, -0.2) is 9.97 Å². The number of hydrogen-bond donors (Lipinski definition) is 1. The van der Waals surface area contributed by atoms with Crippen LogP contribution in [0.2, 0.25) is 0 Å². The molecule has 1 amide bonds. The highest BCUT2D eigenvalue weighted by Gasteiger charge is 2.27. The molecule has 0 unspecified atom stereocenters. The van der Waals surface area contributed by atoms with Crippen LogP contribution in [0.1, 0.15) is 49.2 Å². The third-order valence-corrected chi connectivity index (χ3v) is 5.64. The summed E-state index contributed by atoms with van der Waals surface area (Å²) in [6.07, 6.45) is 4.27. The van der Waals surface area contributed by atoms with E-state index in [-0.39, 0.29) is 11.9 Å². The molecule has 2 aliphatic heterocycles. The Hall–Kier alpha value is -1.73. The summed E-state index contributed by atoms with van der Waals surface area (Å²) in [5.41, 5.74) is 2.45. The summed E-state index contributed by atoms with van der Waals surface area (Å²) < 4.78 is 5.07. The second-order valence-corrected chi connectivity index (χ2v) is 7.97. The second kappa shape index (κ2) is 8.97. The van der Waals surface area contributed by atoms with Gasteiger partial charge in [0.05, 0.1) is 13.2 Å². The molecule has 1 atom stereocenters. The molecule has 2 aliphatic rings. The molecular weight excluding hydrogens is 342 g/mol. The van der Waals surface area contributed by atoms with Crippen LogP contribution in [-0.4, -0.2) is 73.8 Å². The summed E-state index contributed by atoms with van der Waals surface area (Å²) in [7, 11) is 3.77. The van der Waals surface area contributed by atoms with Crippen LogP contribution < -0.4 is 10.2 Å². The van der Waals surface area contributed by atoms with Gasteiger partial charge in [0.25, 0.3) is 0 Å². The maximum absolute atomic E-state index is 12.2. The highest BCUT2D eigenvalue weighted by atomic mass is 16.5. The number of ether oxygens (including phenoxy) is 1. The quantitative estimate of drug-likeness (QED) is 0.813. The van der Waals surface area contributed by atoms with Crippen LogP contribution in [0.15, 0.2) is 0 Å². The predicted octanol–water partition coefficient (Wildman–Crippen LogP) is 1.50. The average Bonchev–Trinajstić information content (AvgIpc) is 2.63. The van der Waals surface area contributed by atoms with Crippen molar-refractivity contribution in [2.45, 2.75) is 51.5 Å². The van der Waals surface area contributed by atoms with Gasteiger partial charge in [-0.15, -0.1) is 0 Å². The minimum absolute atomic E-state index is 0.0453. The standard InChI is InChI=1S/C20H33N5O2/c1-14(13-27-4)21-18(26)12-25-10-7-16(8-11-25)19-22-15(2)17-6-5-9-24(3)20(17)23-19/h14,16H,5-13H2,1-4H3,(H,21,26)/t14-/m0/s1. The van der Waals surface area contributed by atoms with Gasteiger partial charge >= 0.3 is 0 Å². The van der Waals surface area contributed by atoms with Gasteiger partial charge in [0.1, 0.15) is 11.6 Å². The molecule has 1 aromatic heterocycles. The zero-order valence-corrected chi connectivity index (χ0v) is 17.1. The highest BCUT2D eigenvalue weighted by molar-refractivity contribution is 5.78. The number of anilines is 1. The van der Waals surface area contributed by atoms with Crippen molar-refractivity contribution < 1.29 is 9.53 Å². The van der Waals surface area contributed by atoms with Crippen molar-refractivity contribution in [1.29, 1.82) is 0 Å². The van der Waals surface area contributed by atoms with E-state index in [9.17, 15) is 4.79 Å². The van der Waals surface area contributed by atoms with Gasteiger partial charge in [0.2, 0.25) is 5.91 Å². The van der Waals surface area contributed by atoms with E-state index in [0.29, 0.717) is 19.1 Å². The van der Waals surface area contributed by atoms with E-state index in [0.717, 1.165) is 56.2 Å². The van der Waals surface area contributed by atoms with Gasteiger partial charge in [-0.3, -0.25) is 9.69 Å². The molecule has 27 heavy (non-hydrogen) atoms. The molecule has 3 heterocycles. The number of aryl methyl sites for hydroxylation is 1. The van der Waals surface area contributed by atoms with E-state index in [1.807, 2.05) is 6.92 Å². The number of nitrogens with one attached hydrogen (secondary N) is 1. The van der Waals surface area contributed by atoms with Gasteiger partial charge in [0.15, 0.2) is 0 Å². The lowest BCUT2D eigenvalue weighted by molar-refractivity contribution is -0.123. The number of rotatable bonds is 6. The predicted molar refractivity (Wildman–Crippen MR) is 106 cm³/mol. The van der Waals surface area contributed by atoms with Crippen molar-refractivity contribution in [2.75, 3.05) is 51.8 Å². The highest BCUT2D eigenvalue weighted by Crippen LogP contribution is 2.31. The van der Waals surface area contributed by atoms with Crippen molar-refractivity contribution in [3.63, 3.8) is 0 Å². The first-order valence-corrected chi connectivity index (χ1v) is 10.1. The Morgan fingerprint density at radius 2 is 2.04 bits per heavy atom. The number of methoxy groups -OCH3 is 1. The van der Waals surface area contributed by atoms with Crippen LogP contribution in [0.5, 0.6) is 0 Å². The fourth-order valence-corrected chi connectivity index (χ4v) is 4.16. The number of nitrogens with zero attached hydrogens (tertiary/aromatic N) is 4. The number of carbonyl (C=O) groups excluding carboxylic acids is 1. The number of hydrogen-bond acceptors (Lipinski definition) is 6. The molecule has 1 saturated heterocycles. The Balaban J connectivity index is 1.56. The SMILES string of the molecule is COC[C@H](C)NC(=O)CN1CCC(c2nc(C)c3c(n2)N(C)CCC3)CC1. The van der Waals surface area contributed by atoms with E-state index in [1.165, 1.54) is 12.0 Å². The summed E-state index contributed by atoms with van der Waals surface area (Å²) in [5.74, 6) is 2.56. The minimum atomic E-state index is 0.0453. The smallest absolute Gasteiger partial charge is 0.234 e. The van der Waals surface area contributed by atoms with E-state index in [1.54, 1.807) is 7.11 Å². The van der Waals surface area contributed by atoms with Crippen molar-refractivity contribution in [1.82, 2.24) is 20.2 Å². The van der Waals surface area contributed by atoms with E-state index >= 15 is 0 Å². The van der Waals surface area contributed by atoms with Gasteiger partial charge in [-0.1, -0.05) is 0 Å². The summed E-state index contributed by atoms with van der Waals surface area (Å²) in [6, 6.07) is 0.0453. The molecule has 0 saturated carbocycles. The first-order chi connectivity index (χ1) is 13.0. The third kappa shape index (κ3) is 4.96. The fourth-order valence-electron chi connectivity index (χ4n) is 4.16. The molecule has 0 bridgehead atoms. The Kier molecular flexibility index (Phi) is 6.65. The topological polar surface area (TPSA) is 70.6 Å². The molecule has 7 nitrogen and oxygen atoms in total. The normalized spacial score (nSPS) is 19.6. The van der Waals surface area contributed by atoms with E-state index in [4.69, 9.17) is 14.7 Å². The molecule has 1 fully saturated rings. The lowest BCUT2D eigenvalue weighted by atomic mass is 9.95. The van der Waals surface area contributed by atoms with Crippen LogP contribution >= 0.6 is 0 Å². The maximum atomic E-state index is 12.2. The average molecular weight is 376 g/mol.